The lowest BCUT2D eigenvalue weighted by atomic mass is 10.0. The Bertz CT molecular complexity index is 536. The smallest absolute Gasteiger partial charge is 0.139 e. The van der Waals surface area contributed by atoms with Crippen LogP contribution >= 0.6 is 0 Å². The fraction of sp³-hybridized carbons (Fsp3) is 0.143. The Kier molecular flexibility index (Phi) is 3.42. The molecule has 2 aromatic carbocycles. The minimum absolute atomic E-state index is 0.0549. The van der Waals surface area contributed by atoms with E-state index in [2.05, 4.69) is 23.5 Å². The summed E-state index contributed by atoms with van der Waals surface area (Å²) in [5.41, 5.74) is 1.05. The Morgan fingerprint density at radius 3 is 2.59 bits per heavy atom. The summed E-state index contributed by atoms with van der Waals surface area (Å²) in [5, 5.41) is 11.6. The van der Waals surface area contributed by atoms with Crippen LogP contribution in [0.5, 0.6) is 0 Å². The molecule has 0 heterocycles. The minimum Gasteiger partial charge on any atom is -0.510 e. The molecule has 3 heteroatoms. The molecule has 0 spiro atoms. The molecule has 17 heavy (non-hydrogen) atoms. The third-order valence-corrected chi connectivity index (χ3v) is 2.77. The minimum atomic E-state index is -0.559. The van der Waals surface area contributed by atoms with Crippen LogP contribution in [0.25, 0.3) is 10.8 Å². The van der Waals surface area contributed by atoms with Crippen molar-refractivity contribution in [3.05, 3.63) is 60.4 Å². The molecule has 2 rings (SSSR count). The molecule has 2 aromatic rings. The maximum absolute atomic E-state index is 9.29. The van der Waals surface area contributed by atoms with E-state index in [4.69, 9.17) is 5.90 Å². The van der Waals surface area contributed by atoms with Crippen LogP contribution in [0.4, 0.5) is 0 Å². The second-order valence-corrected chi connectivity index (χ2v) is 4.00. The predicted octanol–water partition coefficient (Wildman–Crippen LogP) is 2.71. The van der Waals surface area contributed by atoms with Gasteiger partial charge in [-0.1, -0.05) is 49.0 Å². The van der Waals surface area contributed by atoms with Crippen molar-refractivity contribution in [2.45, 2.75) is 12.5 Å². The number of fused-ring (bicyclic) bond motifs is 1. The summed E-state index contributed by atoms with van der Waals surface area (Å²) in [6.45, 7) is 3.44. The SMILES string of the molecule is C=C(O)C(Cc1ccc2ccccc2c1)ON. The average molecular weight is 229 g/mol. The van der Waals surface area contributed by atoms with Gasteiger partial charge in [-0.05, 0) is 16.3 Å². The van der Waals surface area contributed by atoms with Crippen LogP contribution in [0.1, 0.15) is 5.56 Å². The van der Waals surface area contributed by atoms with E-state index in [0.717, 1.165) is 10.9 Å². The van der Waals surface area contributed by atoms with Crippen LogP contribution in [0.3, 0.4) is 0 Å². The Hall–Kier alpha value is -1.84. The zero-order valence-corrected chi connectivity index (χ0v) is 9.47. The van der Waals surface area contributed by atoms with E-state index < -0.39 is 6.10 Å². The highest BCUT2D eigenvalue weighted by atomic mass is 16.6. The first kappa shape index (κ1) is 11.6. The molecule has 3 nitrogen and oxygen atoms in total. The van der Waals surface area contributed by atoms with Gasteiger partial charge >= 0.3 is 0 Å². The van der Waals surface area contributed by atoms with E-state index in [1.807, 2.05) is 30.3 Å². The van der Waals surface area contributed by atoms with Crippen LogP contribution < -0.4 is 5.90 Å². The van der Waals surface area contributed by atoms with E-state index in [1.54, 1.807) is 0 Å². The molecule has 0 aliphatic carbocycles. The van der Waals surface area contributed by atoms with Gasteiger partial charge in [-0.25, -0.2) is 5.90 Å². The number of rotatable bonds is 4. The van der Waals surface area contributed by atoms with Crippen molar-refractivity contribution in [3.63, 3.8) is 0 Å². The second-order valence-electron chi connectivity index (χ2n) is 4.00. The van der Waals surface area contributed by atoms with Gasteiger partial charge in [-0.2, -0.15) is 0 Å². The van der Waals surface area contributed by atoms with Gasteiger partial charge in [0, 0.05) is 6.42 Å². The molecule has 0 fully saturated rings. The monoisotopic (exact) mass is 229 g/mol. The van der Waals surface area contributed by atoms with Crippen molar-refractivity contribution >= 4 is 10.8 Å². The van der Waals surface area contributed by atoms with Crippen molar-refractivity contribution < 1.29 is 9.94 Å². The highest BCUT2D eigenvalue weighted by molar-refractivity contribution is 5.82. The Balaban J connectivity index is 2.27. The van der Waals surface area contributed by atoms with Crippen molar-refractivity contribution in [1.82, 2.24) is 0 Å². The molecule has 0 amide bonds. The first-order valence-corrected chi connectivity index (χ1v) is 5.41. The molecule has 3 N–H and O–H groups in total. The fourth-order valence-electron chi connectivity index (χ4n) is 1.82. The summed E-state index contributed by atoms with van der Waals surface area (Å²) in [6, 6.07) is 14.2. The number of hydrogen-bond donors (Lipinski definition) is 2. The standard InChI is InChI=1S/C14H15NO2/c1-10(16)14(17-15)9-11-6-7-12-4-2-3-5-13(12)8-11/h2-8,14,16H,1,9,15H2. The maximum Gasteiger partial charge on any atom is 0.139 e. The molecule has 0 aliphatic heterocycles. The molecule has 0 radical (unpaired) electrons. The highest BCUT2D eigenvalue weighted by Gasteiger charge is 2.12. The van der Waals surface area contributed by atoms with Gasteiger partial charge in [-0.15, -0.1) is 0 Å². The van der Waals surface area contributed by atoms with Crippen molar-refractivity contribution in [3.8, 4) is 0 Å². The highest BCUT2D eigenvalue weighted by Crippen LogP contribution is 2.18. The average Bonchev–Trinajstić information content (AvgIpc) is 2.35. The molecule has 0 aromatic heterocycles. The fourth-order valence-corrected chi connectivity index (χ4v) is 1.82. The predicted molar refractivity (Wildman–Crippen MR) is 68.5 cm³/mol. The molecular weight excluding hydrogens is 214 g/mol. The molecule has 1 atom stereocenters. The summed E-state index contributed by atoms with van der Waals surface area (Å²) in [5.74, 6) is 5.06. The van der Waals surface area contributed by atoms with E-state index in [9.17, 15) is 5.11 Å². The zero-order valence-electron chi connectivity index (χ0n) is 9.47. The van der Waals surface area contributed by atoms with Crippen LogP contribution in [0.15, 0.2) is 54.8 Å². The summed E-state index contributed by atoms with van der Waals surface area (Å²) in [7, 11) is 0. The molecular formula is C14H15NO2. The van der Waals surface area contributed by atoms with Gasteiger partial charge in [-0.3, -0.25) is 4.84 Å². The first-order valence-electron chi connectivity index (χ1n) is 5.41. The Labute approximate surface area is 100 Å². The summed E-state index contributed by atoms with van der Waals surface area (Å²) < 4.78 is 0. The number of aliphatic hydroxyl groups excluding tert-OH is 1. The summed E-state index contributed by atoms with van der Waals surface area (Å²) in [4.78, 5) is 4.68. The van der Waals surface area contributed by atoms with Crippen LogP contribution in [0, 0.1) is 0 Å². The van der Waals surface area contributed by atoms with Gasteiger partial charge < -0.3 is 5.11 Å². The van der Waals surface area contributed by atoms with E-state index in [-0.39, 0.29) is 5.76 Å². The van der Waals surface area contributed by atoms with E-state index >= 15 is 0 Å². The largest absolute Gasteiger partial charge is 0.510 e. The number of hydrogen-bond acceptors (Lipinski definition) is 3. The number of aliphatic hydroxyl groups is 1. The lowest BCUT2D eigenvalue weighted by molar-refractivity contribution is 0.0502. The third-order valence-electron chi connectivity index (χ3n) is 2.77. The van der Waals surface area contributed by atoms with Crippen molar-refractivity contribution in [2.75, 3.05) is 0 Å². The summed E-state index contributed by atoms with van der Waals surface area (Å²) >= 11 is 0. The second kappa shape index (κ2) is 4.99. The normalized spacial score (nSPS) is 12.5. The Morgan fingerprint density at radius 1 is 1.24 bits per heavy atom. The number of nitrogens with two attached hydrogens (primary N) is 1. The first-order chi connectivity index (χ1) is 8.20. The van der Waals surface area contributed by atoms with Gasteiger partial charge in [0.05, 0.1) is 0 Å². The van der Waals surface area contributed by atoms with Crippen molar-refractivity contribution in [2.24, 2.45) is 5.90 Å². The van der Waals surface area contributed by atoms with Gasteiger partial charge in [0.25, 0.3) is 0 Å². The topological polar surface area (TPSA) is 55.5 Å². The molecule has 0 saturated heterocycles. The van der Waals surface area contributed by atoms with Gasteiger partial charge in [0.15, 0.2) is 0 Å². The number of benzene rings is 2. The molecule has 0 bridgehead atoms. The maximum atomic E-state index is 9.29. The Morgan fingerprint density at radius 2 is 1.94 bits per heavy atom. The quantitative estimate of drug-likeness (QED) is 0.626. The van der Waals surface area contributed by atoms with Crippen molar-refractivity contribution in [1.29, 1.82) is 0 Å². The third kappa shape index (κ3) is 2.64. The summed E-state index contributed by atoms with van der Waals surface area (Å²) in [6.07, 6.45) is -0.0485. The van der Waals surface area contributed by atoms with Crippen LogP contribution in [-0.2, 0) is 11.3 Å². The zero-order chi connectivity index (χ0) is 12.3. The van der Waals surface area contributed by atoms with Crippen LogP contribution in [0.2, 0.25) is 0 Å². The molecule has 1 unspecified atom stereocenters. The van der Waals surface area contributed by atoms with E-state index in [0.29, 0.717) is 6.42 Å². The lowest BCUT2D eigenvalue weighted by Gasteiger charge is -2.13. The molecule has 0 aliphatic rings. The van der Waals surface area contributed by atoms with Crippen LogP contribution in [-0.4, -0.2) is 11.2 Å². The van der Waals surface area contributed by atoms with E-state index in [1.165, 1.54) is 5.39 Å². The molecule has 88 valence electrons. The van der Waals surface area contributed by atoms with Gasteiger partial charge in [0.1, 0.15) is 11.9 Å². The molecule has 0 saturated carbocycles. The lowest BCUT2D eigenvalue weighted by Crippen LogP contribution is -2.21. The van der Waals surface area contributed by atoms with Gasteiger partial charge in [0.2, 0.25) is 0 Å².